The summed E-state index contributed by atoms with van der Waals surface area (Å²) in [5, 5.41) is 3.57. The van der Waals surface area contributed by atoms with Gasteiger partial charge in [-0.1, -0.05) is 36.6 Å². The normalized spacial score (nSPS) is 21.2. The quantitative estimate of drug-likeness (QED) is 0.753. The molecule has 1 aromatic rings. The average molecular weight is 395 g/mol. The molecule has 1 aliphatic heterocycles. The average Bonchev–Trinajstić information content (AvgIpc) is 3.04. The maximum absolute atomic E-state index is 12.7. The van der Waals surface area contributed by atoms with Gasteiger partial charge in [0.05, 0.1) is 10.4 Å². The van der Waals surface area contributed by atoms with E-state index in [4.69, 9.17) is 11.6 Å². The SMILES string of the molecule is Cl.O=S1(=O)NC2(CCCC2)C(CNCCF)=C1c1ccc(Cl)cc1. The smallest absolute Gasteiger partial charge is 0.242 e. The molecular weight excluding hydrogens is 374 g/mol. The predicted octanol–water partition coefficient (Wildman–Crippen LogP) is 3.28. The van der Waals surface area contributed by atoms with E-state index in [9.17, 15) is 12.8 Å². The maximum Gasteiger partial charge on any atom is 0.242 e. The molecule has 1 fully saturated rings. The largest absolute Gasteiger partial charge is 0.310 e. The van der Waals surface area contributed by atoms with Crippen LogP contribution in [0.3, 0.4) is 0 Å². The number of nitrogens with one attached hydrogen (secondary N) is 2. The fourth-order valence-corrected chi connectivity index (χ4v) is 5.70. The molecule has 0 radical (unpaired) electrons. The molecule has 3 rings (SSSR count). The lowest BCUT2D eigenvalue weighted by Crippen LogP contribution is -2.44. The molecule has 4 nitrogen and oxygen atoms in total. The van der Waals surface area contributed by atoms with Gasteiger partial charge in [0.1, 0.15) is 6.67 Å². The maximum atomic E-state index is 12.7. The highest BCUT2D eigenvalue weighted by Crippen LogP contribution is 2.46. The molecule has 0 unspecified atom stereocenters. The molecule has 134 valence electrons. The second kappa shape index (κ2) is 7.70. The van der Waals surface area contributed by atoms with E-state index in [-0.39, 0.29) is 19.0 Å². The van der Waals surface area contributed by atoms with Gasteiger partial charge < -0.3 is 5.32 Å². The third-order valence-corrected chi connectivity index (χ3v) is 6.52. The topological polar surface area (TPSA) is 58.2 Å². The van der Waals surface area contributed by atoms with Gasteiger partial charge in [-0.2, -0.15) is 0 Å². The van der Waals surface area contributed by atoms with Gasteiger partial charge in [-0.25, -0.2) is 17.5 Å². The first-order chi connectivity index (χ1) is 11.0. The number of hydrogen-bond acceptors (Lipinski definition) is 3. The van der Waals surface area contributed by atoms with Crippen molar-refractivity contribution in [2.24, 2.45) is 0 Å². The molecule has 2 aliphatic rings. The van der Waals surface area contributed by atoms with Crippen molar-refractivity contribution in [1.82, 2.24) is 10.0 Å². The van der Waals surface area contributed by atoms with Gasteiger partial charge in [-0.15, -0.1) is 12.4 Å². The van der Waals surface area contributed by atoms with Crippen molar-refractivity contribution in [3.8, 4) is 0 Å². The number of halogens is 3. The molecule has 1 spiro atoms. The second-order valence-electron chi connectivity index (χ2n) is 6.08. The molecule has 0 atom stereocenters. The van der Waals surface area contributed by atoms with E-state index in [1.807, 2.05) is 0 Å². The molecule has 1 aromatic carbocycles. The Hall–Kier alpha value is -0.660. The molecule has 8 heteroatoms. The lowest BCUT2D eigenvalue weighted by molar-refractivity contribution is 0.439. The van der Waals surface area contributed by atoms with Crippen molar-refractivity contribution in [1.29, 1.82) is 0 Å². The molecule has 0 saturated heterocycles. The first-order valence-corrected chi connectivity index (χ1v) is 9.65. The zero-order valence-electron chi connectivity index (χ0n) is 13.1. The van der Waals surface area contributed by atoms with Crippen LogP contribution >= 0.6 is 24.0 Å². The van der Waals surface area contributed by atoms with E-state index in [1.54, 1.807) is 24.3 Å². The molecule has 1 saturated carbocycles. The van der Waals surface area contributed by atoms with E-state index in [0.29, 0.717) is 22.0 Å². The summed E-state index contributed by atoms with van der Waals surface area (Å²) in [5.41, 5.74) is 0.936. The van der Waals surface area contributed by atoms with E-state index >= 15 is 0 Å². The van der Waals surface area contributed by atoms with Gasteiger partial charge in [0.15, 0.2) is 0 Å². The molecular formula is C16H21Cl2FN2O2S. The Kier molecular flexibility index (Phi) is 6.31. The molecule has 0 amide bonds. The fourth-order valence-electron chi connectivity index (χ4n) is 3.59. The highest BCUT2D eigenvalue weighted by Gasteiger charge is 2.49. The summed E-state index contributed by atoms with van der Waals surface area (Å²) >= 11 is 5.91. The van der Waals surface area contributed by atoms with E-state index in [1.165, 1.54) is 0 Å². The monoisotopic (exact) mass is 394 g/mol. The van der Waals surface area contributed by atoms with Crippen LogP contribution in [0.25, 0.3) is 4.91 Å². The minimum atomic E-state index is -3.58. The van der Waals surface area contributed by atoms with Crippen LogP contribution in [0.5, 0.6) is 0 Å². The first-order valence-electron chi connectivity index (χ1n) is 7.79. The van der Waals surface area contributed by atoms with Crippen LogP contribution in [-0.4, -0.2) is 33.7 Å². The Bertz CT molecular complexity index is 714. The minimum Gasteiger partial charge on any atom is -0.310 e. The number of sulfonamides is 1. The van der Waals surface area contributed by atoms with Gasteiger partial charge >= 0.3 is 0 Å². The molecule has 0 aromatic heterocycles. The van der Waals surface area contributed by atoms with Crippen molar-refractivity contribution in [3.63, 3.8) is 0 Å². The lowest BCUT2D eigenvalue weighted by Gasteiger charge is -2.26. The van der Waals surface area contributed by atoms with Crippen LogP contribution in [0.4, 0.5) is 4.39 Å². The van der Waals surface area contributed by atoms with Crippen molar-refractivity contribution in [3.05, 3.63) is 40.4 Å². The summed E-state index contributed by atoms with van der Waals surface area (Å²) in [6.07, 6.45) is 3.55. The van der Waals surface area contributed by atoms with Gasteiger partial charge in [-0.05, 0) is 36.1 Å². The highest BCUT2D eigenvalue weighted by atomic mass is 35.5. The fraction of sp³-hybridized carbons (Fsp3) is 0.500. The summed E-state index contributed by atoms with van der Waals surface area (Å²) in [5.74, 6) is 0. The van der Waals surface area contributed by atoms with Crippen molar-refractivity contribution in [2.45, 2.75) is 31.2 Å². The van der Waals surface area contributed by atoms with Gasteiger partial charge in [0.25, 0.3) is 0 Å². The Morgan fingerprint density at radius 2 is 1.83 bits per heavy atom. The second-order valence-corrected chi connectivity index (χ2v) is 8.13. The number of rotatable bonds is 5. The van der Waals surface area contributed by atoms with Crippen LogP contribution in [0.1, 0.15) is 31.2 Å². The zero-order chi connectivity index (χ0) is 16.5. The third-order valence-electron chi connectivity index (χ3n) is 4.59. The van der Waals surface area contributed by atoms with E-state index in [2.05, 4.69) is 10.0 Å². The Balaban J connectivity index is 0.00000208. The molecule has 24 heavy (non-hydrogen) atoms. The highest BCUT2D eigenvalue weighted by molar-refractivity contribution is 7.99. The van der Waals surface area contributed by atoms with Gasteiger partial charge in [0, 0.05) is 18.1 Å². The van der Waals surface area contributed by atoms with Crippen molar-refractivity contribution >= 4 is 38.9 Å². The van der Waals surface area contributed by atoms with Crippen LogP contribution in [0.15, 0.2) is 29.8 Å². The molecule has 1 heterocycles. The third kappa shape index (κ3) is 3.63. The van der Waals surface area contributed by atoms with E-state index < -0.39 is 22.2 Å². The minimum absolute atomic E-state index is 0. The number of alkyl halides is 1. The zero-order valence-corrected chi connectivity index (χ0v) is 15.5. The van der Waals surface area contributed by atoms with Crippen LogP contribution in [-0.2, 0) is 10.0 Å². The van der Waals surface area contributed by atoms with Crippen molar-refractivity contribution in [2.75, 3.05) is 19.8 Å². The molecule has 2 N–H and O–H groups in total. The lowest BCUT2D eigenvalue weighted by atomic mass is 9.87. The first kappa shape index (κ1) is 19.7. The predicted molar refractivity (Wildman–Crippen MR) is 97.7 cm³/mol. The van der Waals surface area contributed by atoms with E-state index in [0.717, 1.165) is 31.3 Å². The van der Waals surface area contributed by atoms with Crippen LogP contribution in [0.2, 0.25) is 5.02 Å². The van der Waals surface area contributed by atoms with Gasteiger partial charge in [-0.3, -0.25) is 0 Å². The Morgan fingerprint density at radius 1 is 1.21 bits per heavy atom. The van der Waals surface area contributed by atoms with Crippen LogP contribution in [0, 0.1) is 0 Å². The summed E-state index contributed by atoms with van der Waals surface area (Å²) in [4.78, 5) is 0.322. The molecule has 0 bridgehead atoms. The Labute approximate surface area is 153 Å². The van der Waals surface area contributed by atoms with Crippen molar-refractivity contribution < 1.29 is 12.8 Å². The number of benzene rings is 1. The standard InChI is InChI=1S/C16H20ClFN2O2S.ClH/c17-13-5-3-12(4-6-13)15-14(11-19-10-9-18)16(7-1-2-8-16)20-23(15,21)22;/h3-6,19-20H,1-2,7-11H2;1H. The molecule has 1 aliphatic carbocycles. The van der Waals surface area contributed by atoms with Crippen LogP contribution < -0.4 is 10.0 Å². The summed E-state index contributed by atoms with van der Waals surface area (Å²) in [6.45, 7) is 0.109. The summed E-state index contributed by atoms with van der Waals surface area (Å²) in [7, 11) is -3.58. The van der Waals surface area contributed by atoms with Gasteiger partial charge in [0.2, 0.25) is 10.0 Å². The Morgan fingerprint density at radius 3 is 2.42 bits per heavy atom. The summed E-state index contributed by atoms with van der Waals surface area (Å²) < 4.78 is 40.8. The number of hydrogen-bond donors (Lipinski definition) is 2. The summed E-state index contributed by atoms with van der Waals surface area (Å²) in [6, 6.07) is 6.82.